The van der Waals surface area contributed by atoms with Crippen LogP contribution >= 0.6 is 0 Å². The van der Waals surface area contributed by atoms with Crippen LogP contribution in [0.2, 0.25) is 0 Å². The molecule has 0 radical (unpaired) electrons. The summed E-state index contributed by atoms with van der Waals surface area (Å²) >= 11 is 0. The first-order valence-corrected chi connectivity index (χ1v) is 21.2. The van der Waals surface area contributed by atoms with Crippen LogP contribution in [0.15, 0.2) is 12.2 Å². The highest BCUT2D eigenvalue weighted by Crippen LogP contribution is 2.26. The summed E-state index contributed by atoms with van der Waals surface area (Å²) in [4.78, 5) is 14.9. The number of unbranched alkanes of at least 4 members (excludes halogenated alkanes) is 26. The van der Waals surface area contributed by atoms with E-state index < -0.39 is 37.3 Å². The standard InChI is InChI=1S/C42H80FNO5/c1-3-5-7-9-11-13-15-17-19-21-23-25-27-29-31-33-35-44(42-41(48)40(47)39(46)37(36-43)49-42)38(45)34-32-30-28-26-24-22-20-18-16-14-12-10-8-6-4-2/h18,20,37,39-42,46-48H,3-17,19,21-36H2,1-2H3/b20-18-/t37-,39-,40+,41-,42?/m1/s1. The van der Waals surface area contributed by atoms with E-state index in [2.05, 4.69) is 26.0 Å². The summed E-state index contributed by atoms with van der Waals surface area (Å²) in [6, 6.07) is 0. The Kier molecular flexibility index (Phi) is 30.8. The van der Waals surface area contributed by atoms with E-state index in [0.717, 1.165) is 51.4 Å². The topological polar surface area (TPSA) is 90.2 Å². The first-order chi connectivity index (χ1) is 24.0. The van der Waals surface area contributed by atoms with E-state index in [1.807, 2.05) is 0 Å². The molecule has 1 fully saturated rings. The van der Waals surface area contributed by atoms with Crippen molar-refractivity contribution >= 4 is 5.91 Å². The van der Waals surface area contributed by atoms with Crippen molar-refractivity contribution in [3.05, 3.63) is 12.2 Å². The van der Waals surface area contributed by atoms with E-state index in [4.69, 9.17) is 4.74 Å². The highest BCUT2D eigenvalue weighted by atomic mass is 19.1. The van der Waals surface area contributed by atoms with Crippen LogP contribution in [0.25, 0.3) is 0 Å². The molecule has 0 bridgehead atoms. The monoisotopic (exact) mass is 698 g/mol. The Bertz CT molecular complexity index is 765. The molecule has 1 aliphatic rings. The lowest BCUT2D eigenvalue weighted by Crippen LogP contribution is -2.64. The molecule has 0 aromatic rings. The van der Waals surface area contributed by atoms with Gasteiger partial charge >= 0.3 is 0 Å². The van der Waals surface area contributed by atoms with Gasteiger partial charge in [0.15, 0.2) is 6.23 Å². The number of alkyl halides is 1. The number of ether oxygens (including phenoxy) is 1. The first-order valence-electron chi connectivity index (χ1n) is 21.2. The van der Waals surface area contributed by atoms with Crippen LogP contribution in [0, 0.1) is 0 Å². The third kappa shape index (κ3) is 23.2. The minimum absolute atomic E-state index is 0.135. The quantitative estimate of drug-likeness (QED) is 0.0460. The van der Waals surface area contributed by atoms with E-state index in [0.29, 0.717) is 13.0 Å². The molecule has 0 saturated carbocycles. The number of nitrogens with zero attached hydrogens (tertiary/aromatic N) is 1. The third-order valence-corrected chi connectivity index (χ3v) is 10.4. The molecular weight excluding hydrogens is 617 g/mol. The van der Waals surface area contributed by atoms with Crippen LogP contribution in [0.4, 0.5) is 4.39 Å². The van der Waals surface area contributed by atoms with Crippen molar-refractivity contribution in [1.29, 1.82) is 0 Å². The van der Waals surface area contributed by atoms with E-state index in [1.54, 1.807) is 0 Å². The van der Waals surface area contributed by atoms with Gasteiger partial charge in [-0.2, -0.15) is 0 Å². The number of amides is 1. The Morgan fingerprint density at radius 2 is 0.939 bits per heavy atom. The van der Waals surface area contributed by atoms with Gasteiger partial charge in [0.25, 0.3) is 0 Å². The molecule has 1 saturated heterocycles. The van der Waals surface area contributed by atoms with Crippen LogP contribution < -0.4 is 0 Å². The normalized spacial score (nSPS) is 21.1. The fourth-order valence-electron chi connectivity index (χ4n) is 7.03. The van der Waals surface area contributed by atoms with Gasteiger partial charge < -0.3 is 25.0 Å². The highest BCUT2D eigenvalue weighted by molar-refractivity contribution is 5.76. The van der Waals surface area contributed by atoms with Crippen molar-refractivity contribution in [3.8, 4) is 0 Å². The third-order valence-electron chi connectivity index (χ3n) is 10.4. The molecule has 0 aromatic carbocycles. The van der Waals surface area contributed by atoms with Crippen molar-refractivity contribution in [1.82, 2.24) is 4.90 Å². The van der Waals surface area contributed by atoms with Crippen LogP contribution in [0.1, 0.15) is 206 Å². The number of halogens is 1. The number of hydrogen-bond donors (Lipinski definition) is 3. The molecule has 1 unspecified atom stereocenters. The average Bonchev–Trinajstić information content (AvgIpc) is 3.10. The van der Waals surface area contributed by atoms with Crippen LogP contribution in [0.3, 0.4) is 0 Å². The summed E-state index contributed by atoms with van der Waals surface area (Å²) in [6.45, 7) is 3.92. The Balaban J connectivity index is 2.30. The number of hydrogen-bond acceptors (Lipinski definition) is 5. The molecule has 0 aliphatic carbocycles. The molecule has 7 heteroatoms. The van der Waals surface area contributed by atoms with Crippen molar-refractivity contribution < 1.29 is 29.2 Å². The second kappa shape index (κ2) is 32.9. The van der Waals surface area contributed by atoms with E-state index in [1.165, 1.54) is 140 Å². The molecule has 1 aliphatic heterocycles. The largest absolute Gasteiger partial charge is 0.387 e. The predicted molar refractivity (Wildman–Crippen MR) is 203 cm³/mol. The van der Waals surface area contributed by atoms with Gasteiger partial charge in [-0.1, -0.05) is 174 Å². The number of aliphatic hydroxyl groups is 3. The molecule has 5 atom stereocenters. The van der Waals surface area contributed by atoms with Crippen LogP contribution in [-0.4, -0.2) is 70.0 Å². The number of rotatable bonds is 34. The second-order valence-electron chi connectivity index (χ2n) is 14.9. The van der Waals surface area contributed by atoms with Gasteiger partial charge in [-0.05, 0) is 38.5 Å². The zero-order valence-corrected chi connectivity index (χ0v) is 32.2. The molecular formula is C42H80FNO5. The zero-order valence-electron chi connectivity index (χ0n) is 32.2. The number of carbonyl (C=O) groups is 1. The Labute approximate surface area is 302 Å². The number of carbonyl (C=O) groups excluding carboxylic acids is 1. The van der Waals surface area contributed by atoms with Gasteiger partial charge in [0.2, 0.25) is 5.91 Å². The van der Waals surface area contributed by atoms with Gasteiger partial charge in [0, 0.05) is 13.0 Å². The van der Waals surface area contributed by atoms with Crippen LogP contribution in [0.5, 0.6) is 0 Å². The summed E-state index contributed by atoms with van der Waals surface area (Å²) in [5, 5.41) is 31.3. The summed E-state index contributed by atoms with van der Waals surface area (Å²) < 4.78 is 19.3. The number of aliphatic hydroxyl groups excluding tert-OH is 3. The molecule has 1 rings (SSSR count). The molecule has 1 heterocycles. The second-order valence-corrected chi connectivity index (χ2v) is 14.9. The van der Waals surface area contributed by atoms with Crippen molar-refractivity contribution in [3.63, 3.8) is 0 Å². The van der Waals surface area contributed by atoms with Crippen molar-refractivity contribution in [2.24, 2.45) is 0 Å². The minimum atomic E-state index is -1.56. The average molecular weight is 698 g/mol. The fourth-order valence-corrected chi connectivity index (χ4v) is 7.03. The summed E-state index contributed by atoms with van der Waals surface area (Å²) in [5.74, 6) is -0.135. The van der Waals surface area contributed by atoms with Gasteiger partial charge in [-0.25, -0.2) is 4.39 Å². The molecule has 0 aromatic heterocycles. The lowest BCUT2D eigenvalue weighted by Gasteiger charge is -2.44. The SMILES string of the molecule is CCCCCCCC/C=C\CCCCCCCC(=O)N(CCCCCCCCCCCCCCCCCC)C1O[C@H](CF)[C@@H](O)[C@H](O)[C@H]1O. The van der Waals surface area contributed by atoms with Gasteiger partial charge in [-0.15, -0.1) is 0 Å². The van der Waals surface area contributed by atoms with Crippen LogP contribution in [-0.2, 0) is 9.53 Å². The Morgan fingerprint density at radius 1 is 0.551 bits per heavy atom. The first kappa shape index (κ1) is 46.0. The minimum Gasteiger partial charge on any atom is -0.387 e. The van der Waals surface area contributed by atoms with E-state index in [-0.39, 0.29) is 5.91 Å². The maximum atomic E-state index is 13.6. The zero-order chi connectivity index (χ0) is 35.8. The van der Waals surface area contributed by atoms with Crippen molar-refractivity contribution in [2.75, 3.05) is 13.2 Å². The smallest absolute Gasteiger partial charge is 0.224 e. The molecule has 1 amide bonds. The predicted octanol–water partition coefficient (Wildman–Crippen LogP) is 10.9. The maximum Gasteiger partial charge on any atom is 0.224 e. The molecule has 6 nitrogen and oxygen atoms in total. The lowest BCUT2D eigenvalue weighted by atomic mass is 9.97. The fraction of sp³-hybridized carbons (Fsp3) is 0.929. The molecule has 3 N–H and O–H groups in total. The molecule has 0 spiro atoms. The highest BCUT2D eigenvalue weighted by Gasteiger charge is 2.46. The lowest BCUT2D eigenvalue weighted by molar-refractivity contribution is -0.259. The van der Waals surface area contributed by atoms with Gasteiger partial charge in [-0.3, -0.25) is 4.79 Å². The molecule has 49 heavy (non-hydrogen) atoms. The summed E-state index contributed by atoms with van der Waals surface area (Å²) in [6.07, 6.45) is 33.6. The van der Waals surface area contributed by atoms with Gasteiger partial charge in [0.1, 0.15) is 31.1 Å². The van der Waals surface area contributed by atoms with Crippen molar-refractivity contribution in [2.45, 2.75) is 237 Å². The van der Waals surface area contributed by atoms with Gasteiger partial charge in [0.05, 0.1) is 0 Å². The Hall–Kier alpha value is -1.02. The van der Waals surface area contributed by atoms with E-state index in [9.17, 15) is 24.5 Å². The maximum absolute atomic E-state index is 13.6. The molecule has 290 valence electrons. The summed E-state index contributed by atoms with van der Waals surface area (Å²) in [7, 11) is 0. The number of allylic oxidation sites excluding steroid dienone is 2. The van der Waals surface area contributed by atoms with E-state index >= 15 is 0 Å². The summed E-state index contributed by atoms with van der Waals surface area (Å²) in [5.41, 5.74) is 0. The Morgan fingerprint density at radius 3 is 1.37 bits per heavy atom.